The number of hydrogen-bond acceptors (Lipinski definition) is 7. The van der Waals surface area contributed by atoms with Crippen molar-refractivity contribution < 1.29 is 33.2 Å². The molecule has 0 spiro atoms. The van der Waals surface area contributed by atoms with Gasteiger partial charge < -0.3 is 33.2 Å². The van der Waals surface area contributed by atoms with E-state index in [4.69, 9.17) is 33.2 Å². The van der Waals surface area contributed by atoms with Crippen LogP contribution in [-0.2, 0) is 33.2 Å². The van der Waals surface area contributed by atoms with Crippen LogP contribution in [0.5, 0.6) is 0 Å². The van der Waals surface area contributed by atoms with Crippen LogP contribution in [0.1, 0.15) is 130 Å². The molecule has 41 heavy (non-hydrogen) atoms. The van der Waals surface area contributed by atoms with E-state index in [0.29, 0.717) is 0 Å². The van der Waals surface area contributed by atoms with E-state index < -0.39 is 12.6 Å². The van der Waals surface area contributed by atoms with Crippen molar-refractivity contribution in [1.82, 2.24) is 0 Å². The Bertz CT molecular complexity index is 505. The SMILES string of the molecule is CCCOC(CCCCCCC=CC(OC)OC(C=CCCCCCCC(OCCC)OCCC)OC)OCCC. The quantitative estimate of drug-likeness (QED) is 0.0442. The number of ether oxygens (including phenoxy) is 7. The Morgan fingerprint density at radius 1 is 0.463 bits per heavy atom. The van der Waals surface area contributed by atoms with Gasteiger partial charge in [-0.1, -0.05) is 65.5 Å². The fourth-order valence-corrected chi connectivity index (χ4v) is 4.19. The van der Waals surface area contributed by atoms with Gasteiger partial charge in [0, 0.05) is 40.6 Å². The zero-order chi connectivity index (χ0) is 30.2. The number of rotatable bonds is 32. The van der Waals surface area contributed by atoms with Crippen LogP contribution in [0.3, 0.4) is 0 Å². The minimum atomic E-state index is -0.422. The molecule has 0 saturated heterocycles. The van der Waals surface area contributed by atoms with Gasteiger partial charge in [-0.15, -0.1) is 0 Å². The third kappa shape index (κ3) is 26.6. The molecule has 2 atom stereocenters. The van der Waals surface area contributed by atoms with Crippen molar-refractivity contribution in [2.24, 2.45) is 0 Å². The lowest BCUT2D eigenvalue weighted by Gasteiger charge is -2.18. The molecule has 0 aliphatic rings. The fourth-order valence-electron chi connectivity index (χ4n) is 4.19. The van der Waals surface area contributed by atoms with E-state index in [1.165, 1.54) is 25.7 Å². The molecule has 0 amide bonds. The maximum atomic E-state index is 5.95. The maximum Gasteiger partial charge on any atom is 0.179 e. The summed E-state index contributed by atoms with van der Waals surface area (Å²) in [6.45, 7) is 11.6. The lowest BCUT2D eigenvalue weighted by molar-refractivity contribution is -0.188. The summed E-state index contributed by atoms with van der Waals surface area (Å²) >= 11 is 0. The first kappa shape index (κ1) is 40.2. The van der Waals surface area contributed by atoms with Crippen molar-refractivity contribution in [3.8, 4) is 0 Å². The highest BCUT2D eigenvalue weighted by Gasteiger charge is 2.11. The molecule has 0 aliphatic heterocycles. The summed E-state index contributed by atoms with van der Waals surface area (Å²) in [5, 5.41) is 0. The van der Waals surface area contributed by atoms with Crippen molar-refractivity contribution in [2.45, 2.75) is 156 Å². The van der Waals surface area contributed by atoms with Gasteiger partial charge in [0.15, 0.2) is 25.2 Å². The van der Waals surface area contributed by atoms with Crippen LogP contribution < -0.4 is 0 Å². The largest absolute Gasteiger partial charge is 0.353 e. The second kappa shape index (κ2) is 32.1. The van der Waals surface area contributed by atoms with Crippen LogP contribution in [0, 0.1) is 0 Å². The van der Waals surface area contributed by atoms with E-state index >= 15 is 0 Å². The number of methoxy groups -OCH3 is 2. The van der Waals surface area contributed by atoms with Crippen LogP contribution >= 0.6 is 0 Å². The zero-order valence-electron chi connectivity index (χ0n) is 27.6. The summed E-state index contributed by atoms with van der Waals surface area (Å²) in [7, 11) is 3.32. The molecule has 0 fully saturated rings. The second-order valence-corrected chi connectivity index (χ2v) is 10.5. The minimum absolute atomic E-state index is 0.0448. The molecule has 0 aromatic heterocycles. The average Bonchev–Trinajstić information content (AvgIpc) is 2.99. The van der Waals surface area contributed by atoms with E-state index in [-0.39, 0.29) is 12.6 Å². The third-order valence-electron chi connectivity index (χ3n) is 6.47. The Morgan fingerprint density at radius 3 is 1.12 bits per heavy atom. The molecule has 0 heterocycles. The van der Waals surface area contributed by atoms with Gasteiger partial charge in [-0.2, -0.15) is 0 Å². The first-order valence-corrected chi connectivity index (χ1v) is 16.7. The lowest BCUT2D eigenvalue weighted by atomic mass is 10.1. The van der Waals surface area contributed by atoms with E-state index in [9.17, 15) is 0 Å². The van der Waals surface area contributed by atoms with Gasteiger partial charge >= 0.3 is 0 Å². The summed E-state index contributed by atoms with van der Waals surface area (Å²) in [5.74, 6) is 0. The molecule has 0 aromatic rings. The number of hydrogen-bond donors (Lipinski definition) is 0. The van der Waals surface area contributed by atoms with Gasteiger partial charge in [0.2, 0.25) is 0 Å². The molecular formula is C34H66O7. The predicted octanol–water partition coefficient (Wildman–Crippen LogP) is 9.10. The fraction of sp³-hybridized carbons (Fsp3) is 0.882. The minimum Gasteiger partial charge on any atom is -0.353 e. The maximum absolute atomic E-state index is 5.95. The summed E-state index contributed by atoms with van der Waals surface area (Å²) in [5.41, 5.74) is 0. The Hall–Kier alpha value is -0.800. The molecule has 0 N–H and O–H groups in total. The highest BCUT2D eigenvalue weighted by molar-refractivity contribution is 4.89. The van der Waals surface area contributed by atoms with Crippen LogP contribution in [-0.4, -0.2) is 65.8 Å². The molecule has 244 valence electrons. The van der Waals surface area contributed by atoms with Gasteiger partial charge in [-0.3, -0.25) is 0 Å². The topological polar surface area (TPSA) is 64.6 Å². The molecule has 7 nitrogen and oxygen atoms in total. The van der Waals surface area contributed by atoms with Crippen molar-refractivity contribution in [1.29, 1.82) is 0 Å². The zero-order valence-corrected chi connectivity index (χ0v) is 27.6. The van der Waals surface area contributed by atoms with Crippen molar-refractivity contribution in [3.05, 3.63) is 24.3 Å². The molecule has 0 radical (unpaired) electrons. The Balaban J connectivity index is 4.06. The molecule has 0 aromatic carbocycles. The van der Waals surface area contributed by atoms with Gasteiger partial charge in [0.1, 0.15) is 0 Å². The van der Waals surface area contributed by atoms with Crippen molar-refractivity contribution >= 4 is 0 Å². The van der Waals surface area contributed by atoms with E-state index in [1.807, 2.05) is 12.2 Å². The second-order valence-electron chi connectivity index (χ2n) is 10.5. The van der Waals surface area contributed by atoms with Crippen molar-refractivity contribution in [2.75, 3.05) is 40.6 Å². The summed E-state index contributed by atoms with van der Waals surface area (Å²) in [6.07, 6.45) is 24.7. The van der Waals surface area contributed by atoms with E-state index in [2.05, 4.69) is 39.8 Å². The smallest absolute Gasteiger partial charge is 0.179 e. The first-order valence-electron chi connectivity index (χ1n) is 16.7. The van der Waals surface area contributed by atoms with Gasteiger partial charge in [-0.25, -0.2) is 0 Å². The summed E-state index contributed by atoms with van der Waals surface area (Å²) in [4.78, 5) is 0. The Morgan fingerprint density at radius 2 is 0.805 bits per heavy atom. The molecule has 0 saturated carbocycles. The van der Waals surface area contributed by atoms with Crippen molar-refractivity contribution in [3.63, 3.8) is 0 Å². The van der Waals surface area contributed by atoms with Gasteiger partial charge in [0.25, 0.3) is 0 Å². The van der Waals surface area contributed by atoms with E-state index in [0.717, 1.165) is 103 Å². The van der Waals surface area contributed by atoms with Gasteiger partial charge in [0.05, 0.1) is 0 Å². The first-order chi connectivity index (χ1) is 20.1. The lowest BCUT2D eigenvalue weighted by Crippen LogP contribution is -2.22. The normalized spacial score (nSPS) is 13.9. The number of unbranched alkanes of at least 4 members (excludes halogenated alkanes) is 8. The molecular weight excluding hydrogens is 520 g/mol. The predicted molar refractivity (Wildman–Crippen MR) is 169 cm³/mol. The molecule has 0 bridgehead atoms. The number of allylic oxidation sites excluding steroid dienone is 2. The third-order valence-corrected chi connectivity index (χ3v) is 6.47. The Labute approximate surface area is 253 Å². The highest BCUT2D eigenvalue weighted by atomic mass is 16.8. The highest BCUT2D eigenvalue weighted by Crippen LogP contribution is 2.14. The van der Waals surface area contributed by atoms with Crippen LogP contribution in [0.2, 0.25) is 0 Å². The molecule has 2 unspecified atom stereocenters. The van der Waals surface area contributed by atoms with E-state index in [1.54, 1.807) is 14.2 Å². The monoisotopic (exact) mass is 586 g/mol. The Kier molecular flexibility index (Phi) is 31.5. The van der Waals surface area contributed by atoms with Crippen LogP contribution in [0.15, 0.2) is 24.3 Å². The molecule has 7 heteroatoms. The summed E-state index contributed by atoms with van der Waals surface area (Å²) < 4.78 is 40.2. The van der Waals surface area contributed by atoms with Crippen LogP contribution in [0.4, 0.5) is 0 Å². The average molecular weight is 587 g/mol. The standard InChI is InChI=1S/C34H66O7/c1-7-27-37-33(38-28-8-2)25-21-17-13-11-15-19-23-31(35-5)41-32(36-6)24-20-16-12-14-18-22-26-34(39-29-9-3)40-30-10-4/h19-20,23-24,31-34H,7-18,21-22,25-30H2,1-6H3. The van der Waals surface area contributed by atoms with Crippen LogP contribution in [0.25, 0.3) is 0 Å². The summed E-state index contributed by atoms with van der Waals surface area (Å²) in [6, 6.07) is 0. The molecule has 0 rings (SSSR count). The molecule has 0 aliphatic carbocycles. The van der Waals surface area contributed by atoms with Gasteiger partial charge in [-0.05, 0) is 89.2 Å².